The zero-order valence-corrected chi connectivity index (χ0v) is 23.8. The Bertz CT molecular complexity index is 902. The van der Waals surface area contributed by atoms with Crippen molar-refractivity contribution in [2.45, 2.75) is 149 Å². The van der Waals surface area contributed by atoms with Gasteiger partial charge in [0.05, 0.1) is 43.0 Å². The maximum absolute atomic E-state index is 10.8. The Morgan fingerprint density at radius 2 is 1.26 bits per heavy atom. The third-order valence-corrected chi connectivity index (χ3v) is 9.84. The first-order valence-electron chi connectivity index (χ1n) is 15.0. The van der Waals surface area contributed by atoms with Gasteiger partial charge in [-0.3, -0.25) is 0 Å². The second-order valence-electron chi connectivity index (χ2n) is 12.9. The minimum atomic E-state index is -1.74. The quantitative estimate of drug-likeness (QED) is 0.123. The zero-order chi connectivity index (χ0) is 31.3. The van der Waals surface area contributed by atoms with E-state index in [-0.39, 0.29) is 25.7 Å². The lowest BCUT2D eigenvalue weighted by Gasteiger charge is -2.49. The molecule has 2 saturated carbocycles. The molecule has 16 nitrogen and oxygen atoms in total. The van der Waals surface area contributed by atoms with E-state index in [0.717, 1.165) is 0 Å². The Hall–Kier alpha value is -0.640. The molecule has 5 fully saturated rings. The van der Waals surface area contributed by atoms with Crippen LogP contribution in [0.4, 0.5) is 0 Å². The maximum atomic E-state index is 10.8. The molecule has 3 heterocycles. The predicted molar refractivity (Wildman–Crippen MR) is 140 cm³/mol. The molecule has 3 aliphatic heterocycles. The SMILES string of the molecule is C[C@@H]1O[C@H](OC[C@H]2O[C@@H](OC3CC4C(O)CC(O)CC4[OH+]C3C3CC(O)C(O)C(O)C3)[C@H](O)[C@@H](O)[C@@H]2O)[C@H](O)[C@H](O)[C@H]1O. The van der Waals surface area contributed by atoms with Gasteiger partial charge in [-0.15, -0.1) is 0 Å². The minimum Gasteiger partial charge on any atom is -0.427 e. The van der Waals surface area contributed by atoms with Crippen LogP contribution in [-0.4, -0.2) is 178 Å². The number of aliphatic hydroxyl groups excluding tert-OH is 11. The van der Waals surface area contributed by atoms with E-state index in [4.69, 9.17) is 23.7 Å². The Balaban J connectivity index is 1.30. The molecule has 12 N–H and O–H groups in total. The van der Waals surface area contributed by atoms with Gasteiger partial charge in [0.25, 0.3) is 0 Å². The molecule has 0 aromatic rings. The maximum Gasteiger partial charge on any atom is 0.187 e. The van der Waals surface area contributed by atoms with Crippen molar-refractivity contribution < 1.29 is 79.9 Å². The number of hydrogen-bond donors (Lipinski definition) is 11. The summed E-state index contributed by atoms with van der Waals surface area (Å²) < 4.78 is 27.8. The summed E-state index contributed by atoms with van der Waals surface area (Å²) >= 11 is 0. The highest BCUT2D eigenvalue weighted by Crippen LogP contribution is 2.42. The van der Waals surface area contributed by atoms with Crippen LogP contribution in [0, 0.1) is 11.8 Å². The summed E-state index contributed by atoms with van der Waals surface area (Å²) in [6.07, 6.45) is -21.3. The lowest BCUT2D eigenvalue weighted by Crippen LogP contribution is -2.64. The van der Waals surface area contributed by atoms with Gasteiger partial charge in [0.2, 0.25) is 0 Å². The van der Waals surface area contributed by atoms with Crippen molar-refractivity contribution in [3.8, 4) is 0 Å². The highest BCUT2D eigenvalue weighted by Gasteiger charge is 2.55. The van der Waals surface area contributed by atoms with E-state index < -0.39 is 129 Å². The van der Waals surface area contributed by atoms with E-state index >= 15 is 0 Å². The summed E-state index contributed by atoms with van der Waals surface area (Å²) in [5.41, 5.74) is 0. The molecule has 0 aromatic heterocycles. The predicted octanol–water partition coefficient (Wildman–Crippen LogP) is -5.68. The van der Waals surface area contributed by atoms with Gasteiger partial charge in [0.15, 0.2) is 24.8 Å². The van der Waals surface area contributed by atoms with Gasteiger partial charge in [-0.05, 0) is 26.2 Å². The van der Waals surface area contributed by atoms with Crippen molar-refractivity contribution in [3.05, 3.63) is 0 Å². The Morgan fingerprint density at radius 3 is 1.93 bits per heavy atom. The van der Waals surface area contributed by atoms with Gasteiger partial charge in [0.1, 0.15) is 54.9 Å². The monoisotopic (exact) mass is 627 g/mol. The molecule has 0 amide bonds. The molecule has 5 aliphatic rings. The molecular formula is C27H47O16+. The molecule has 0 aromatic carbocycles. The van der Waals surface area contributed by atoms with Crippen LogP contribution in [0.15, 0.2) is 0 Å². The number of aliphatic hydroxyl groups is 13. The molecule has 5 rings (SSSR count). The standard InChI is InChI=1S/C27H46O16/c1-8-18(32)21(35)23(37)26(40-8)39-7-17-20(34)22(36)24(38)27(43-17)42-16-6-11-12(29)4-10(28)5-15(11)41-25(16)9-2-13(30)19(33)14(31)3-9/h8-38H,2-7H2,1H3/p+1/t8-,9?,10?,11?,12?,13?,14?,15?,16?,17+,18-,19?,20+,21+,22-,23+,24+,25?,26-,27+/m0/s1. The molecule has 0 bridgehead atoms. The highest BCUT2D eigenvalue weighted by atomic mass is 16.7. The number of hydrogen-bond acceptors (Lipinski definition) is 15. The van der Waals surface area contributed by atoms with E-state index in [0.29, 0.717) is 6.42 Å². The van der Waals surface area contributed by atoms with Gasteiger partial charge in [-0.1, -0.05) is 0 Å². The molecule has 3 saturated heterocycles. The zero-order valence-electron chi connectivity index (χ0n) is 23.8. The summed E-state index contributed by atoms with van der Waals surface area (Å²) in [4.78, 5) is 0. The van der Waals surface area contributed by atoms with Crippen LogP contribution in [0.5, 0.6) is 0 Å². The molecule has 0 spiro atoms. The lowest BCUT2D eigenvalue weighted by molar-refractivity contribution is -0.363. The first kappa shape index (κ1) is 33.7. The summed E-state index contributed by atoms with van der Waals surface area (Å²) in [7, 11) is 0. The average molecular weight is 628 g/mol. The fraction of sp³-hybridized carbons (Fsp3) is 1.00. The summed E-state index contributed by atoms with van der Waals surface area (Å²) in [5.74, 6) is -0.877. The van der Waals surface area contributed by atoms with Crippen molar-refractivity contribution in [3.63, 3.8) is 0 Å². The van der Waals surface area contributed by atoms with E-state index in [1.54, 1.807) is 0 Å². The first-order chi connectivity index (χ1) is 20.3. The second-order valence-corrected chi connectivity index (χ2v) is 12.9. The molecule has 250 valence electrons. The Kier molecular flexibility index (Phi) is 10.7. The fourth-order valence-corrected chi connectivity index (χ4v) is 7.24. The van der Waals surface area contributed by atoms with Gasteiger partial charge < -0.3 is 79.9 Å². The molecule has 8 unspecified atom stereocenters. The van der Waals surface area contributed by atoms with E-state index in [1.165, 1.54) is 6.92 Å². The lowest BCUT2D eigenvalue weighted by atomic mass is 9.72. The summed E-state index contributed by atoms with van der Waals surface area (Å²) in [6.45, 7) is 0.998. The van der Waals surface area contributed by atoms with Crippen LogP contribution in [0.2, 0.25) is 0 Å². The van der Waals surface area contributed by atoms with Gasteiger partial charge in [-0.25, -0.2) is 0 Å². The molecule has 0 radical (unpaired) electrons. The second kappa shape index (κ2) is 13.6. The third-order valence-electron chi connectivity index (χ3n) is 9.84. The molecule has 16 heteroatoms. The molecule has 2 aliphatic carbocycles. The van der Waals surface area contributed by atoms with Gasteiger partial charge in [0, 0.05) is 18.8 Å². The molecule has 18 atom stereocenters. The van der Waals surface area contributed by atoms with Crippen LogP contribution in [-0.2, 0) is 18.9 Å². The van der Waals surface area contributed by atoms with Crippen molar-refractivity contribution >= 4 is 0 Å². The topological polar surface area (TPSA) is 272 Å². The largest absolute Gasteiger partial charge is 0.427 e. The Morgan fingerprint density at radius 1 is 0.628 bits per heavy atom. The number of ether oxygens (including phenoxy) is 5. The van der Waals surface area contributed by atoms with Crippen molar-refractivity contribution in [1.29, 1.82) is 0 Å². The number of rotatable bonds is 6. The fourth-order valence-electron chi connectivity index (χ4n) is 7.24. The van der Waals surface area contributed by atoms with Crippen LogP contribution in [0.1, 0.15) is 39.0 Å². The normalized spacial score (nSPS) is 56.4. The van der Waals surface area contributed by atoms with Gasteiger partial charge >= 0.3 is 0 Å². The van der Waals surface area contributed by atoms with Crippen LogP contribution < -0.4 is 0 Å². The van der Waals surface area contributed by atoms with Crippen LogP contribution in [0.3, 0.4) is 0 Å². The summed E-state index contributed by atoms with van der Waals surface area (Å²) in [5, 5.41) is 114. The minimum absolute atomic E-state index is 0.0866. The average Bonchev–Trinajstić information content (AvgIpc) is 2.96. The van der Waals surface area contributed by atoms with Gasteiger partial charge in [-0.2, -0.15) is 0 Å². The van der Waals surface area contributed by atoms with Crippen molar-refractivity contribution in [2.24, 2.45) is 11.8 Å². The smallest absolute Gasteiger partial charge is 0.187 e. The van der Waals surface area contributed by atoms with Crippen molar-refractivity contribution in [1.82, 2.24) is 0 Å². The van der Waals surface area contributed by atoms with Crippen LogP contribution in [0.25, 0.3) is 0 Å². The van der Waals surface area contributed by atoms with E-state index in [2.05, 4.69) is 0 Å². The molecular weight excluding hydrogens is 580 g/mol. The molecule has 43 heavy (non-hydrogen) atoms. The van der Waals surface area contributed by atoms with Crippen LogP contribution >= 0.6 is 0 Å². The summed E-state index contributed by atoms with van der Waals surface area (Å²) in [6, 6.07) is 0. The van der Waals surface area contributed by atoms with Crippen molar-refractivity contribution in [2.75, 3.05) is 6.61 Å². The third kappa shape index (κ3) is 6.90. The van der Waals surface area contributed by atoms with E-state index in [1.807, 2.05) is 0 Å². The first-order valence-corrected chi connectivity index (χ1v) is 15.0. The Labute approximate surface area is 248 Å². The number of fused-ring (bicyclic) bond motifs is 1. The van der Waals surface area contributed by atoms with E-state index in [9.17, 15) is 56.2 Å². The highest BCUT2D eigenvalue weighted by molar-refractivity contribution is 4.99.